The average molecular weight is 318 g/mol. The lowest BCUT2D eigenvalue weighted by atomic mass is 10.2. The molecule has 1 aromatic carbocycles. The molecule has 3 atom stereocenters. The SMILES string of the molecule is CCCC(C)NC(=O)C(C)S(=O)c1c(F)cc(N)cc1F. The topological polar surface area (TPSA) is 72.2 Å². The molecule has 4 nitrogen and oxygen atoms in total. The molecule has 0 fully saturated rings. The van der Waals surface area contributed by atoms with E-state index in [0.29, 0.717) is 0 Å². The van der Waals surface area contributed by atoms with Crippen LogP contribution in [0, 0.1) is 11.6 Å². The quantitative estimate of drug-likeness (QED) is 0.791. The van der Waals surface area contributed by atoms with Crippen molar-refractivity contribution < 1.29 is 17.8 Å². The third kappa shape index (κ3) is 4.49. The second kappa shape index (κ2) is 7.49. The van der Waals surface area contributed by atoms with Crippen molar-refractivity contribution in [2.24, 2.45) is 0 Å². The number of anilines is 1. The third-order valence-corrected chi connectivity index (χ3v) is 4.67. The summed E-state index contributed by atoms with van der Waals surface area (Å²) in [6.45, 7) is 5.17. The Kier molecular flexibility index (Phi) is 6.26. The second-order valence-electron chi connectivity index (χ2n) is 4.95. The zero-order valence-electron chi connectivity index (χ0n) is 12.3. The van der Waals surface area contributed by atoms with Crippen LogP contribution < -0.4 is 11.1 Å². The predicted molar refractivity (Wildman–Crippen MR) is 79.2 cm³/mol. The molecule has 1 amide bonds. The Labute approximate surface area is 125 Å². The summed E-state index contributed by atoms with van der Waals surface area (Å²) in [6, 6.07) is 1.70. The molecule has 0 heterocycles. The first kappa shape index (κ1) is 17.6. The van der Waals surface area contributed by atoms with Crippen molar-refractivity contribution in [1.82, 2.24) is 5.32 Å². The number of carbonyl (C=O) groups excluding carboxylic acids is 1. The van der Waals surface area contributed by atoms with Gasteiger partial charge in [-0.2, -0.15) is 0 Å². The number of hydrogen-bond acceptors (Lipinski definition) is 3. The molecule has 0 saturated heterocycles. The normalized spacial score (nSPS) is 15.3. The molecule has 0 radical (unpaired) electrons. The van der Waals surface area contributed by atoms with Gasteiger partial charge >= 0.3 is 0 Å². The van der Waals surface area contributed by atoms with Crippen LogP contribution in [-0.4, -0.2) is 21.4 Å². The first-order chi connectivity index (χ1) is 9.77. The van der Waals surface area contributed by atoms with Gasteiger partial charge in [0, 0.05) is 11.7 Å². The fraction of sp³-hybridized carbons (Fsp3) is 0.500. The number of benzene rings is 1. The van der Waals surface area contributed by atoms with Gasteiger partial charge in [0.2, 0.25) is 5.91 Å². The third-order valence-electron chi connectivity index (χ3n) is 3.02. The van der Waals surface area contributed by atoms with Gasteiger partial charge in [-0.1, -0.05) is 13.3 Å². The molecule has 3 N–H and O–H groups in total. The molecule has 0 aromatic heterocycles. The number of rotatable bonds is 6. The van der Waals surface area contributed by atoms with Gasteiger partial charge in [0.15, 0.2) is 0 Å². The lowest BCUT2D eigenvalue weighted by Gasteiger charge is -2.17. The zero-order valence-corrected chi connectivity index (χ0v) is 13.1. The van der Waals surface area contributed by atoms with Crippen LogP contribution in [0.3, 0.4) is 0 Å². The van der Waals surface area contributed by atoms with Crippen LogP contribution in [0.2, 0.25) is 0 Å². The Morgan fingerprint density at radius 3 is 2.33 bits per heavy atom. The minimum Gasteiger partial charge on any atom is -0.399 e. The van der Waals surface area contributed by atoms with Gasteiger partial charge in [0.05, 0.1) is 10.8 Å². The summed E-state index contributed by atoms with van der Waals surface area (Å²) in [5.74, 6) is -2.51. The molecule has 0 bridgehead atoms. The van der Waals surface area contributed by atoms with E-state index in [1.807, 2.05) is 13.8 Å². The van der Waals surface area contributed by atoms with Gasteiger partial charge in [0.1, 0.15) is 21.8 Å². The molecule has 3 unspecified atom stereocenters. The van der Waals surface area contributed by atoms with E-state index >= 15 is 0 Å². The summed E-state index contributed by atoms with van der Waals surface area (Å²) in [5, 5.41) is 1.62. The van der Waals surface area contributed by atoms with E-state index < -0.39 is 38.5 Å². The Hall–Kier alpha value is -1.50. The molecule has 0 aliphatic carbocycles. The minimum absolute atomic E-state index is 0.0805. The molecule has 1 aromatic rings. The van der Waals surface area contributed by atoms with Crippen LogP contribution in [-0.2, 0) is 15.6 Å². The maximum Gasteiger partial charge on any atom is 0.236 e. The Morgan fingerprint density at radius 1 is 1.33 bits per heavy atom. The van der Waals surface area contributed by atoms with Gasteiger partial charge in [-0.05, 0) is 32.4 Å². The summed E-state index contributed by atoms with van der Waals surface area (Å²) in [4.78, 5) is 11.3. The number of amides is 1. The van der Waals surface area contributed by atoms with Crippen molar-refractivity contribution in [3.63, 3.8) is 0 Å². The van der Waals surface area contributed by atoms with E-state index in [-0.39, 0.29) is 11.7 Å². The second-order valence-corrected chi connectivity index (χ2v) is 6.66. The molecule has 21 heavy (non-hydrogen) atoms. The smallest absolute Gasteiger partial charge is 0.236 e. The van der Waals surface area contributed by atoms with Gasteiger partial charge in [0.25, 0.3) is 0 Å². The van der Waals surface area contributed by atoms with Crippen LogP contribution in [0.4, 0.5) is 14.5 Å². The largest absolute Gasteiger partial charge is 0.399 e. The fourth-order valence-electron chi connectivity index (χ4n) is 1.91. The monoisotopic (exact) mass is 318 g/mol. The average Bonchev–Trinajstić information content (AvgIpc) is 2.36. The highest BCUT2D eigenvalue weighted by molar-refractivity contribution is 7.86. The van der Waals surface area contributed by atoms with E-state index in [1.165, 1.54) is 6.92 Å². The highest BCUT2D eigenvalue weighted by atomic mass is 32.2. The summed E-state index contributed by atoms with van der Waals surface area (Å²) in [6.07, 6.45) is 1.66. The summed E-state index contributed by atoms with van der Waals surface area (Å²) < 4.78 is 39.7. The maximum atomic E-state index is 13.7. The Bertz CT molecular complexity index is 529. The zero-order chi connectivity index (χ0) is 16.2. The molecule has 1 rings (SSSR count). The van der Waals surface area contributed by atoms with Gasteiger partial charge in [-0.3, -0.25) is 9.00 Å². The Balaban J connectivity index is 2.91. The number of nitrogens with one attached hydrogen (secondary N) is 1. The number of halogens is 2. The highest BCUT2D eigenvalue weighted by Gasteiger charge is 2.27. The van der Waals surface area contributed by atoms with Crippen molar-refractivity contribution in [1.29, 1.82) is 0 Å². The lowest BCUT2D eigenvalue weighted by Crippen LogP contribution is -2.40. The van der Waals surface area contributed by atoms with E-state index in [1.54, 1.807) is 0 Å². The number of carbonyl (C=O) groups is 1. The molecule has 0 spiro atoms. The molecule has 7 heteroatoms. The molecular formula is C14H20F2N2O2S. The number of nitrogens with two attached hydrogens (primary N) is 1. The molecule has 0 aliphatic heterocycles. The van der Waals surface area contributed by atoms with Crippen LogP contribution in [0.15, 0.2) is 17.0 Å². The molecule has 0 aliphatic rings. The fourth-order valence-corrected chi connectivity index (χ4v) is 3.03. The minimum atomic E-state index is -2.13. The lowest BCUT2D eigenvalue weighted by molar-refractivity contribution is -0.121. The standard InChI is InChI=1S/C14H20F2N2O2S/c1-4-5-8(2)18-14(19)9(3)21(20)13-11(15)6-10(17)7-12(13)16/h6-9H,4-5,17H2,1-3H3,(H,18,19). The van der Waals surface area contributed by atoms with E-state index in [9.17, 15) is 17.8 Å². The van der Waals surface area contributed by atoms with Crippen molar-refractivity contribution in [3.05, 3.63) is 23.8 Å². The van der Waals surface area contributed by atoms with Crippen molar-refractivity contribution in [3.8, 4) is 0 Å². The Morgan fingerprint density at radius 2 is 1.86 bits per heavy atom. The maximum absolute atomic E-state index is 13.7. The van der Waals surface area contributed by atoms with Crippen LogP contribution in [0.5, 0.6) is 0 Å². The van der Waals surface area contributed by atoms with E-state index in [4.69, 9.17) is 5.73 Å². The van der Waals surface area contributed by atoms with Crippen LogP contribution >= 0.6 is 0 Å². The van der Waals surface area contributed by atoms with Gasteiger partial charge in [-0.25, -0.2) is 8.78 Å². The molecular weight excluding hydrogens is 298 g/mol. The van der Waals surface area contributed by atoms with Gasteiger partial charge < -0.3 is 11.1 Å². The number of nitrogen functional groups attached to an aromatic ring is 1. The van der Waals surface area contributed by atoms with Crippen molar-refractivity contribution >= 4 is 22.4 Å². The molecule has 118 valence electrons. The summed E-state index contributed by atoms with van der Waals surface area (Å²) in [7, 11) is -2.13. The first-order valence-corrected chi connectivity index (χ1v) is 7.94. The first-order valence-electron chi connectivity index (χ1n) is 6.73. The van der Waals surface area contributed by atoms with Crippen LogP contribution in [0.1, 0.15) is 33.6 Å². The molecule has 0 saturated carbocycles. The van der Waals surface area contributed by atoms with Crippen LogP contribution in [0.25, 0.3) is 0 Å². The van der Waals surface area contributed by atoms with E-state index in [0.717, 1.165) is 25.0 Å². The highest BCUT2D eigenvalue weighted by Crippen LogP contribution is 2.22. The summed E-state index contributed by atoms with van der Waals surface area (Å²) in [5.41, 5.74) is 5.21. The van der Waals surface area contributed by atoms with E-state index in [2.05, 4.69) is 5.32 Å². The van der Waals surface area contributed by atoms with Crippen molar-refractivity contribution in [2.75, 3.05) is 5.73 Å². The number of hydrogen-bond donors (Lipinski definition) is 2. The van der Waals surface area contributed by atoms with Gasteiger partial charge in [-0.15, -0.1) is 0 Å². The summed E-state index contributed by atoms with van der Waals surface area (Å²) >= 11 is 0. The predicted octanol–water partition coefficient (Wildman–Crippen LogP) is 2.35. The van der Waals surface area contributed by atoms with Crippen molar-refractivity contribution in [2.45, 2.75) is 49.8 Å².